The summed E-state index contributed by atoms with van der Waals surface area (Å²) in [5, 5.41) is 2.95. The van der Waals surface area contributed by atoms with Gasteiger partial charge in [0.15, 0.2) is 0 Å². The standard InChI is InChI=1S/C26H27BrF2N4O4/c1-16-20(24(34)30-8-9-32-10-12-36-13-11-32)4-3-5-22(16)33-17(2)31-25(23(27)26(33)35)37-15-18-6-7-19(28)14-21(18)29/h3-7,14H,8-13,15H2,1-2H3,(H,30,34). The maximum atomic E-state index is 14.0. The molecule has 37 heavy (non-hydrogen) atoms. The average Bonchev–Trinajstić information content (AvgIpc) is 2.88. The number of ether oxygens (including phenoxy) is 2. The summed E-state index contributed by atoms with van der Waals surface area (Å²) in [6.45, 7) is 7.46. The Balaban J connectivity index is 1.52. The Kier molecular flexibility index (Phi) is 8.67. The number of amides is 1. The first-order valence-electron chi connectivity index (χ1n) is 11.8. The van der Waals surface area contributed by atoms with Crippen molar-refractivity contribution < 1.29 is 23.0 Å². The first-order chi connectivity index (χ1) is 17.8. The van der Waals surface area contributed by atoms with Gasteiger partial charge in [0, 0.05) is 43.4 Å². The summed E-state index contributed by atoms with van der Waals surface area (Å²) in [6, 6.07) is 8.31. The average molecular weight is 577 g/mol. The number of halogens is 3. The molecule has 2 heterocycles. The number of nitrogens with one attached hydrogen (secondary N) is 1. The second-order valence-electron chi connectivity index (χ2n) is 8.60. The normalized spacial score (nSPS) is 14.0. The molecule has 1 aliphatic rings. The predicted octanol–water partition coefficient (Wildman–Crippen LogP) is 3.53. The molecule has 1 aromatic heterocycles. The lowest BCUT2D eigenvalue weighted by atomic mass is 10.1. The van der Waals surface area contributed by atoms with E-state index in [1.807, 2.05) is 0 Å². The molecule has 8 nitrogen and oxygen atoms in total. The van der Waals surface area contributed by atoms with Gasteiger partial charge >= 0.3 is 0 Å². The SMILES string of the molecule is Cc1c(C(=O)NCCN2CCOCC2)cccc1-n1c(C)nc(OCc2ccc(F)cc2F)c(Br)c1=O. The zero-order valence-electron chi connectivity index (χ0n) is 20.5. The fourth-order valence-corrected chi connectivity index (χ4v) is 4.49. The van der Waals surface area contributed by atoms with Crippen LogP contribution in [0.25, 0.3) is 5.69 Å². The molecular weight excluding hydrogens is 550 g/mol. The Morgan fingerprint density at radius 3 is 2.68 bits per heavy atom. The number of morpholine rings is 1. The van der Waals surface area contributed by atoms with E-state index in [0.29, 0.717) is 42.4 Å². The lowest BCUT2D eigenvalue weighted by Crippen LogP contribution is -2.41. The van der Waals surface area contributed by atoms with E-state index in [1.54, 1.807) is 32.0 Å². The fraction of sp³-hybridized carbons (Fsp3) is 0.346. The van der Waals surface area contributed by atoms with Crippen molar-refractivity contribution in [2.75, 3.05) is 39.4 Å². The number of benzene rings is 2. The van der Waals surface area contributed by atoms with Gasteiger partial charge in [0.05, 0.1) is 18.9 Å². The van der Waals surface area contributed by atoms with Gasteiger partial charge in [0.1, 0.15) is 28.5 Å². The van der Waals surface area contributed by atoms with Gasteiger partial charge in [-0.1, -0.05) is 6.07 Å². The Labute approximate surface area is 221 Å². The van der Waals surface area contributed by atoms with Crippen molar-refractivity contribution in [3.8, 4) is 11.6 Å². The molecule has 0 spiro atoms. The molecule has 196 valence electrons. The molecule has 1 fully saturated rings. The van der Waals surface area contributed by atoms with Crippen LogP contribution in [0.15, 0.2) is 45.7 Å². The number of aryl methyl sites for hydroxylation is 1. The van der Waals surface area contributed by atoms with Crippen LogP contribution in [-0.2, 0) is 11.3 Å². The topological polar surface area (TPSA) is 85.7 Å². The highest BCUT2D eigenvalue weighted by Crippen LogP contribution is 2.24. The molecule has 1 amide bonds. The Hall–Kier alpha value is -3.15. The molecule has 2 aromatic carbocycles. The third kappa shape index (κ3) is 6.23. The summed E-state index contributed by atoms with van der Waals surface area (Å²) >= 11 is 3.24. The van der Waals surface area contributed by atoms with Gasteiger partial charge in [-0.05, 0) is 59.6 Å². The molecule has 3 aromatic rings. The molecule has 0 atom stereocenters. The minimum Gasteiger partial charge on any atom is -0.472 e. The third-order valence-electron chi connectivity index (χ3n) is 6.15. The molecular formula is C26H27BrF2N4O4. The van der Waals surface area contributed by atoms with Crippen molar-refractivity contribution in [2.45, 2.75) is 20.5 Å². The number of aromatic nitrogens is 2. The number of carbonyl (C=O) groups excluding carboxylic acids is 1. The molecule has 0 saturated carbocycles. The van der Waals surface area contributed by atoms with E-state index in [1.165, 1.54) is 10.6 Å². The molecule has 0 bridgehead atoms. The van der Waals surface area contributed by atoms with Crippen LogP contribution in [0, 0.1) is 25.5 Å². The van der Waals surface area contributed by atoms with E-state index in [4.69, 9.17) is 9.47 Å². The molecule has 11 heteroatoms. The monoisotopic (exact) mass is 576 g/mol. The molecule has 1 N–H and O–H groups in total. The fourth-order valence-electron chi connectivity index (χ4n) is 4.11. The quantitative estimate of drug-likeness (QED) is 0.441. The Bertz CT molecular complexity index is 1360. The first-order valence-corrected chi connectivity index (χ1v) is 12.6. The van der Waals surface area contributed by atoms with Crippen molar-refractivity contribution in [3.05, 3.63) is 85.4 Å². The van der Waals surface area contributed by atoms with Gasteiger partial charge in [-0.2, -0.15) is 4.98 Å². The van der Waals surface area contributed by atoms with Crippen molar-refractivity contribution in [1.82, 2.24) is 19.8 Å². The first kappa shape index (κ1) is 26.9. The Morgan fingerprint density at radius 1 is 1.19 bits per heavy atom. The maximum absolute atomic E-state index is 14.0. The lowest BCUT2D eigenvalue weighted by Gasteiger charge is -2.26. The molecule has 0 aliphatic carbocycles. The van der Waals surface area contributed by atoms with E-state index in [9.17, 15) is 18.4 Å². The van der Waals surface area contributed by atoms with Crippen LogP contribution in [0.1, 0.15) is 27.3 Å². The molecule has 4 rings (SSSR count). The second kappa shape index (κ2) is 11.9. The minimum absolute atomic E-state index is 0.0165. The largest absolute Gasteiger partial charge is 0.472 e. The summed E-state index contributed by atoms with van der Waals surface area (Å²) in [6.07, 6.45) is 0. The van der Waals surface area contributed by atoms with Gasteiger partial charge in [-0.3, -0.25) is 19.1 Å². The number of rotatable bonds is 8. The van der Waals surface area contributed by atoms with Crippen LogP contribution in [-0.4, -0.2) is 59.8 Å². The highest BCUT2D eigenvalue weighted by molar-refractivity contribution is 9.10. The van der Waals surface area contributed by atoms with Gasteiger partial charge in [0.2, 0.25) is 5.88 Å². The van der Waals surface area contributed by atoms with Crippen LogP contribution in [0.4, 0.5) is 8.78 Å². The summed E-state index contributed by atoms with van der Waals surface area (Å²) in [4.78, 5) is 32.8. The molecule has 0 radical (unpaired) electrons. The summed E-state index contributed by atoms with van der Waals surface area (Å²) < 4.78 is 39.5. The van der Waals surface area contributed by atoms with E-state index < -0.39 is 17.2 Å². The van der Waals surface area contributed by atoms with Crippen LogP contribution in [0.5, 0.6) is 5.88 Å². The zero-order chi connectivity index (χ0) is 26.5. The van der Waals surface area contributed by atoms with Gasteiger partial charge < -0.3 is 14.8 Å². The lowest BCUT2D eigenvalue weighted by molar-refractivity contribution is 0.0383. The third-order valence-corrected chi connectivity index (χ3v) is 6.83. The number of nitrogens with zero attached hydrogens (tertiary/aromatic N) is 3. The van der Waals surface area contributed by atoms with Crippen LogP contribution < -0.4 is 15.6 Å². The molecule has 1 aliphatic heterocycles. The van der Waals surface area contributed by atoms with E-state index in [-0.39, 0.29) is 28.4 Å². The van der Waals surface area contributed by atoms with Gasteiger partial charge in [-0.15, -0.1) is 0 Å². The van der Waals surface area contributed by atoms with Gasteiger partial charge in [0.25, 0.3) is 11.5 Å². The van der Waals surface area contributed by atoms with Crippen LogP contribution in [0.2, 0.25) is 0 Å². The number of hydrogen-bond acceptors (Lipinski definition) is 6. The Morgan fingerprint density at radius 2 is 1.95 bits per heavy atom. The maximum Gasteiger partial charge on any atom is 0.276 e. The molecule has 1 saturated heterocycles. The van der Waals surface area contributed by atoms with Crippen molar-refractivity contribution in [3.63, 3.8) is 0 Å². The predicted molar refractivity (Wildman–Crippen MR) is 137 cm³/mol. The number of hydrogen-bond donors (Lipinski definition) is 1. The summed E-state index contributed by atoms with van der Waals surface area (Å²) in [7, 11) is 0. The smallest absolute Gasteiger partial charge is 0.276 e. The summed E-state index contributed by atoms with van der Waals surface area (Å²) in [5.41, 5.74) is 1.25. The highest BCUT2D eigenvalue weighted by atomic mass is 79.9. The highest BCUT2D eigenvalue weighted by Gasteiger charge is 2.20. The van der Waals surface area contributed by atoms with Crippen molar-refractivity contribution in [1.29, 1.82) is 0 Å². The second-order valence-corrected chi connectivity index (χ2v) is 9.40. The van der Waals surface area contributed by atoms with Gasteiger partial charge in [-0.25, -0.2) is 8.78 Å². The van der Waals surface area contributed by atoms with Crippen molar-refractivity contribution in [2.24, 2.45) is 0 Å². The van der Waals surface area contributed by atoms with Crippen LogP contribution >= 0.6 is 15.9 Å². The van der Waals surface area contributed by atoms with E-state index in [2.05, 4.69) is 31.1 Å². The van der Waals surface area contributed by atoms with E-state index >= 15 is 0 Å². The minimum atomic E-state index is -0.753. The molecule has 0 unspecified atom stereocenters. The summed E-state index contributed by atoms with van der Waals surface area (Å²) in [5.74, 6) is -1.38. The van der Waals surface area contributed by atoms with Crippen molar-refractivity contribution >= 4 is 21.8 Å². The van der Waals surface area contributed by atoms with E-state index in [0.717, 1.165) is 31.8 Å². The zero-order valence-corrected chi connectivity index (χ0v) is 22.1. The number of carbonyl (C=O) groups is 1. The van der Waals surface area contributed by atoms with Crippen LogP contribution in [0.3, 0.4) is 0 Å².